The summed E-state index contributed by atoms with van der Waals surface area (Å²) in [5.74, 6) is 0.609. The molecular formula is C18H22N2O2. The Bertz CT molecular complexity index is 609. The highest BCUT2D eigenvalue weighted by Crippen LogP contribution is 2.09. The van der Waals surface area contributed by atoms with Crippen LogP contribution in [-0.2, 0) is 24.2 Å². The minimum absolute atomic E-state index is 0.0512. The molecule has 0 unspecified atom stereocenters. The number of amides is 1. The van der Waals surface area contributed by atoms with Crippen LogP contribution in [0.4, 0.5) is 0 Å². The van der Waals surface area contributed by atoms with Crippen LogP contribution in [0.3, 0.4) is 0 Å². The second-order valence-electron chi connectivity index (χ2n) is 5.15. The zero-order valence-electron chi connectivity index (χ0n) is 13.1. The highest BCUT2D eigenvalue weighted by molar-refractivity contribution is 5.76. The molecule has 22 heavy (non-hydrogen) atoms. The van der Waals surface area contributed by atoms with Gasteiger partial charge in [-0.15, -0.1) is 0 Å². The summed E-state index contributed by atoms with van der Waals surface area (Å²) in [7, 11) is 1.58. The van der Waals surface area contributed by atoms with E-state index in [1.54, 1.807) is 13.3 Å². The number of nitrogens with one attached hydrogen (secondary N) is 1. The lowest BCUT2D eigenvalue weighted by molar-refractivity contribution is -0.121. The van der Waals surface area contributed by atoms with Crippen molar-refractivity contribution in [3.05, 3.63) is 59.3 Å². The molecule has 2 aromatic rings. The van der Waals surface area contributed by atoms with Crippen LogP contribution in [0.25, 0.3) is 0 Å². The molecule has 1 aromatic heterocycles. The van der Waals surface area contributed by atoms with Gasteiger partial charge in [0.15, 0.2) is 0 Å². The fraction of sp³-hybridized carbons (Fsp3) is 0.333. The summed E-state index contributed by atoms with van der Waals surface area (Å²) >= 11 is 0. The number of ether oxygens (including phenoxy) is 1. The zero-order valence-corrected chi connectivity index (χ0v) is 13.1. The van der Waals surface area contributed by atoms with Crippen LogP contribution in [0.5, 0.6) is 5.88 Å². The van der Waals surface area contributed by atoms with Gasteiger partial charge in [0, 0.05) is 25.2 Å². The number of benzene rings is 1. The maximum Gasteiger partial charge on any atom is 0.220 e. The van der Waals surface area contributed by atoms with E-state index in [0.717, 1.165) is 18.4 Å². The molecule has 116 valence electrons. The number of aromatic nitrogens is 1. The van der Waals surface area contributed by atoms with Crippen molar-refractivity contribution >= 4 is 5.91 Å². The Morgan fingerprint density at radius 3 is 2.55 bits per heavy atom. The summed E-state index contributed by atoms with van der Waals surface area (Å²) in [4.78, 5) is 15.9. The van der Waals surface area contributed by atoms with E-state index in [-0.39, 0.29) is 5.91 Å². The number of methoxy groups -OCH3 is 1. The summed E-state index contributed by atoms with van der Waals surface area (Å²) in [6.45, 7) is 2.63. The molecule has 4 heteroatoms. The quantitative estimate of drug-likeness (QED) is 0.855. The Morgan fingerprint density at radius 1 is 1.14 bits per heavy atom. The number of aryl methyl sites for hydroxylation is 2. The number of hydrogen-bond acceptors (Lipinski definition) is 3. The molecule has 0 aliphatic carbocycles. The first-order chi connectivity index (χ1) is 10.7. The third-order valence-corrected chi connectivity index (χ3v) is 3.57. The monoisotopic (exact) mass is 298 g/mol. The Morgan fingerprint density at radius 2 is 1.86 bits per heavy atom. The van der Waals surface area contributed by atoms with Gasteiger partial charge >= 0.3 is 0 Å². The average Bonchev–Trinajstić information content (AvgIpc) is 2.58. The molecular weight excluding hydrogens is 276 g/mol. The molecule has 1 amide bonds. The van der Waals surface area contributed by atoms with Gasteiger partial charge in [-0.05, 0) is 35.6 Å². The van der Waals surface area contributed by atoms with Gasteiger partial charge in [0.25, 0.3) is 0 Å². The Balaban J connectivity index is 1.77. The van der Waals surface area contributed by atoms with Crippen LogP contribution in [0.1, 0.15) is 30.0 Å². The number of pyridine rings is 1. The largest absolute Gasteiger partial charge is 0.481 e. The molecule has 4 nitrogen and oxygen atoms in total. The minimum atomic E-state index is 0.0512. The van der Waals surface area contributed by atoms with Crippen LogP contribution in [0.2, 0.25) is 0 Å². The van der Waals surface area contributed by atoms with Crippen LogP contribution in [0.15, 0.2) is 42.6 Å². The fourth-order valence-electron chi connectivity index (χ4n) is 2.16. The SMILES string of the molecule is CCc1ccc(CCC(=O)NCc2ccnc(OC)c2)cc1. The van der Waals surface area contributed by atoms with Gasteiger partial charge in [0.2, 0.25) is 11.8 Å². The molecule has 1 aromatic carbocycles. The lowest BCUT2D eigenvalue weighted by atomic mass is 10.1. The summed E-state index contributed by atoms with van der Waals surface area (Å²) < 4.78 is 5.06. The summed E-state index contributed by atoms with van der Waals surface area (Å²) in [5.41, 5.74) is 3.49. The summed E-state index contributed by atoms with van der Waals surface area (Å²) in [6, 6.07) is 12.1. The molecule has 0 saturated carbocycles. The molecule has 0 atom stereocenters. The van der Waals surface area contributed by atoms with Gasteiger partial charge < -0.3 is 10.1 Å². The number of nitrogens with zero attached hydrogens (tertiary/aromatic N) is 1. The Kier molecular flexibility index (Phi) is 5.95. The van der Waals surface area contributed by atoms with E-state index in [1.807, 2.05) is 12.1 Å². The van der Waals surface area contributed by atoms with E-state index in [9.17, 15) is 4.79 Å². The smallest absolute Gasteiger partial charge is 0.220 e. The third-order valence-electron chi connectivity index (χ3n) is 3.57. The maximum atomic E-state index is 11.9. The van der Waals surface area contributed by atoms with Gasteiger partial charge in [0.1, 0.15) is 0 Å². The fourth-order valence-corrected chi connectivity index (χ4v) is 2.16. The average molecular weight is 298 g/mol. The highest BCUT2D eigenvalue weighted by Gasteiger charge is 2.03. The standard InChI is InChI=1S/C18H22N2O2/c1-3-14-4-6-15(7-5-14)8-9-17(21)20-13-16-10-11-19-18(12-16)22-2/h4-7,10-12H,3,8-9,13H2,1-2H3,(H,20,21). The van der Waals surface area contributed by atoms with Crippen LogP contribution >= 0.6 is 0 Å². The van der Waals surface area contributed by atoms with Crippen molar-refractivity contribution in [2.75, 3.05) is 7.11 Å². The van der Waals surface area contributed by atoms with E-state index in [1.165, 1.54) is 11.1 Å². The number of hydrogen-bond donors (Lipinski definition) is 1. The molecule has 0 saturated heterocycles. The molecule has 0 spiro atoms. The minimum Gasteiger partial charge on any atom is -0.481 e. The van der Waals surface area contributed by atoms with E-state index in [0.29, 0.717) is 18.8 Å². The normalized spacial score (nSPS) is 10.3. The summed E-state index contributed by atoms with van der Waals surface area (Å²) in [6.07, 6.45) is 3.97. The third kappa shape index (κ3) is 4.88. The van der Waals surface area contributed by atoms with Gasteiger partial charge in [-0.1, -0.05) is 31.2 Å². The molecule has 1 N–H and O–H groups in total. The van der Waals surface area contributed by atoms with Gasteiger partial charge in [0.05, 0.1) is 7.11 Å². The first-order valence-electron chi connectivity index (χ1n) is 7.54. The first-order valence-corrected chi connectivity index (χ1v) is 7.54. The van der Waals surface area contributed by atoms with Crippen molar-refractivity contribution < 1.29 is 9.53 Å². The molecule has 0 radical (unpaired) electrons. The number of rotatable bonds is 7. The molecule has 0 fully saturated rings. The van der Waals surface area contributed by atoms with Gasteiger partial charge in [-0.25, -0.2) is 4.98 Å². The Labute approximate surface area is 131 Å². The molecule has 1 heterocycles. The first kappa shape index (κ1) is 16.0. The second-order valence-corrected chi connectivity index (χ2v) is 5.15. The van der Waals surface area contributed by atoms with E-state index < -0.39 is 0 Å². The summed E-state index contributed by atoms with van der Waals surface area (Å²) in [5, 5.41) is 2.92. The van der Waals surface area contributed by atoms with Crippen molar-refractivity contribution in [3.63, 3.8) is 0 Å². The molecule has 0 aliphatic rings. The predicted molar refractivity (Wildman–Crippen MR) is 86.8 cm³/mol. The lowest BCUT2D eigenvalue weighted by Gasteiger charge is -2.07. The topological polar surface area (TPSA) is 51.2 Å². The zero-order chi connectivity index (χ0) is 15.8. The molecule has 2 rings (SSSR count). The van der Waals surface area contributed by atoms with Gasteiger partial charge in [-0.3, -0.25) is 4.79 Å². The predicted octanol–water partition coefficient (Wildman–Crippen LogP) is 2.90. The number of carbonyl (C=O) groups is 1. The van der Waals surface area contributed by atoms with Crippen molar-refractivity contribution in [3.8, 4) is 5.88 Å². The van der Waals surface area contributed by atoms with E-state index in [2.05, 4.69) is 41.5 Å². The lowest BCUT2D eigenvalue weighted by Crippen LogP contribution is -2.23. The molecule has 0 aliphatic heterocycles. The highest BCUT2D eigenvalue weighted by atomic mass is 16.5. The van der Waals surface area contributed by atoms with E-state index in [4.69, 9.17) is 4.74 Å². The van der Waals surface area contributed by atoms with Gasteiger partial charge in [-0.2, -0.15) is 0 Å². The maximum absolute atomic E-state index is 11.9. The van der Waals surface area contributed by atoms with E-state index >= 15 is 0 Å². The number of carbonyl (C=O) groups excluding carboxylic acids is 1. The molecule has 0 bridgehead atoms. The van der Waals surface area contributed by atoms with Crippen LogP contribution in [-0.4, -0.2) is 18.0 Å². The van der Waals surface area contributed by atoms with Crippen molar-refractivity contribution in [2.24, 2.45) is 0 Å². The van der Waals surface area contributed by atoms with Crippen molar-refractivity contribution in [1.82, 2.24) is 10.3 Å². The van der Waals surface area contributed by atoms with Crippen molar-refractivity contribution in [1.29, 1.82) is 0 Å². The van der Waals surface area contributed by atoms with Crippen molar-refractivity contribution in [2.45, 2.75) is 32.7 Å². The Hall–Kier alpha value is -2.36. The van der Waals surface area contributed by atoms with Crippen LogP contribution in [0, 0.1) is 0 Å². The van der Waals surface area contributed by atoms with Crippen LogP contribution < -0.4 is 10.1 Å². The second kappa shape index (κ2) is 8.17.